The molecule has 1 N–H and O–H groups in total. The number of carbonyl (C=O) groups excluding carboxylic acids is 1. The molecule has 0 aliphatic carbocycles. The molecule has 1 aromatic heterocycles. The van der Waals surface area contributed by atoms with E-state index in [0.29, 0.717) is 27.1 Å². The maximum atomic E-state index is 12.8. The van der Waals surface area contributed by atoms with Gasteiger partial charge in [0.25, 0.3) is 5.91 Å². The Morgan fingerprint density at radius 3 is 2.43 bits per heavy atom. The molecule has 0 aliphatic rings. The van der Waals surface area contributed by atoms with Crippen LogP contribution in [0, 0.1) is 6.92 Å². The van der Waals surface area contributed by atoms with E-state index in [1.807, 2.05) is 56.3 Å². The molecular weight excluding hydrogens is 396 g/mol. The highest BCUT2D eigenvalue weighted by Gasteiger charge is 2.19. The van der Waals surface area contributed by atoms with Crippen molar-refractivity contribution in [2.45, 2.75) is 19.9 Å². The molecule has 3 aromatic rings. The largest absolute Gasteiger partial charge is 0.493 e. The summed E-state index contributed by atoms with van der Waals surface area (Å²) in [7, 11) is 3.18. The monoisotopic (exact) mass is 416 g/mol. The van der Waals surface area contributed by atoms with E-state index in [4.69, 9.17) is 21.1 Å². The molecule has 7 heteroatoms. The van der Waals surface area contributed by atoms with Gasteiger partial charge in [0.1, 0.15) is 9.88 Å². The molecule has 3 rings (SSSR count). The minimum Gasteiger partial charge on any atom is -0.493 e. The molecule has 0 saturated heterocycles. The van der Waals surface area contributed by atoms with Gasteiger partial charge < -0.3 is 14.8 Å². The Labute approximate surface area is 173 Å². The summed E-state index contributed by atoms with van der Waals surface area (Å²) in [6.45, 7) is 3.77. The summed E-state index contributed by atoms with van der Waals surface area (Å²) in [5.74, 6) is 1.12. The second kappa shape index (κ2) is 8.63. The maximum Gasteiger partial charge on any atom is 0.263 e. The summed E-state index contributed by atoms with van der Waals surface area (Å²) >= 11 is 7.28. The van der Waals surface area contributed by atoms with E-state index in [9.17, 15) is 4.79 Å². The molecule has 146 valence electrons. The number of hydrogen-bond donors (Lipinski definition) is 1. The second-order valence-corrected chi connectivity index (χ2v) is 7.69. The Bertz CT molecular complexity index is 986. The normalized spacial score (nSPS) is 11.8. The lowest BCUT2D eigenvalue weighted by Crippen LogP contribution is -2.26. The van der Waals surface area contributed by atoms with Crippen molar-refractivity contribution in [2.24, 2.45) is 0 Å². The molecule has 1 heterocycles. The summed E-state index contributed by atoms with van der Waals surface area (Å²) in [5.41, 5.74) is 2.55. The van der Waals surface area contributed by atoms with Crippen molar-refractivity contribution in [3.63, 3.8) is 0 Å². The summed E-state index contributed by atoms with van der Waals surface area (Å²) < 4.78 is 10.6. The number of ether oxygens (including phenoxy) is 2. The van der Waals surface area contributed by atoms with Crippen LogP contribution in [0.25, 0.3) is 10.6 Å². The van der Waals surface area contributed by atoms with Crippen molar-refractivity contribution in [1.82, 2.24) is 10.3 Å². The van der Waals surface area contributed by atoms with Gasteiger partial charge in [0.2, 0.25) is 0 Å². The van der Waals surface area contributed by atoms with Gasteiger partial charge in [-0.25, -0.2) is 4.98 Å². The van der Waals surface area contributed by atoms with Gasteiger partial charge in [0.15, 0.2) is 11.5 Å². The third-order valence-corrected chi connectivity index (χ3v) is 5.81. The molecule has 0 saturated carbocycles. The van der Waals surface area contributed by atoms with E-state index in [1.54, 1.807) is 14.2 Å². The highest BCUT2D eigenvalue weighted by Crippen LogP contribution is 2.35. The molecule has 2 aromatic carbocycles. The van der Waals surface area contributed by atoms with Gasteiger partial charge in [0, 0.05) is 10.6 Å². The van der Waals surface area contributed by atoms with Gasteiger partial charge in [-0.15, -0.1) is 11.3 Å². The van der Waals surface area contributed by atoms with E-state index < -0.39 is 0 Å². The van der Waals surface area contributed by atoms with E-state index in [2.05, 4.69) is 10.3 Å². The van der Waals surface area contributed by atoms with Crippen molar-refractivity contribution in [1.29, 1.82) is 0 Å². The van der Waals surface area contributed by atoms with Crippen LogP contribution >= 0.6 is 22.9 Å². The number of methoxy groups -OCH3 is 2. The Kier molecular flexibility index (Phi) is 6.21. The smallest absolute Gasteiger partial charge is 0.263 e. The number of nitrogens with one attached hydrogen (secondary N) is 1. The average Bonchev–Trinajstić information content (AvgIpc) is 3.09. The van der Waals surface area contributed by atoms with Crippen LogP contribution in [0.3, 0.4) is 0 Å². The lowest BCUT2D eigenvalue weighted by Gasteiger charge is -2.14. The first-order valence-electron chi connectivity index (χ1n) is 8.69. The van der Waals surface area contributed by atoms with Crippen LogP contribution in [0.2, 0.25) is 5.02 Å². The van der Waals surface area contributed by atoms with E-state index in [0.717, 1.165) is 16.1 Å². The highest BCUT2D eigenvalue weighted by atomic mass is 35.5. The first-order chi connectivity index (χ1) is 13.4. The number of thiazole rings is 1. The van der Waals surface area contributed by atoms with Crippen LogP contribution < -0.4 is 14.8 Å². The van der Waals surface area contributed by atoms with Gasteiger partial charge in [-0.1, -0.05) is 23.7 Å². The number of amides is 1. The quantitative estimate of drug-likeness (QED) is 0.593. The molecule has 0 fully saturated rings. The van der Waals surface area contributed by atoms with E-state index in [1.165, 1.54) is 11.3 Å². The van der Waals surface area contributed by atoms with Crippen molar-refractivity contribution < 1.29 is 14.3 Å². The van der Waals surface area contributed by atoms with E-state index >= 15 is 0 Å². The second-order valence-electron chi connectivity index (χ2n) is 6.25. The van der Waals surface area contributed by atoms with E-state index in [-0.39, 0.29) is 11.9 Å². The number of nitrogens with zero attached hydrogens (tertiary/aromatic N) is 1. The highest BCUT2D eigenvalue weighted by molar-refractivity contribution is 7.17. The Morgan fingerprint density at radius 2 is 1.79 bits per heavy atom. The van der Waals surface area contributed by atoms with Gasteiger partial charge in [-0.05, 0) is 49.7 Å². The Morgan fingerprint density at radius 1 is 1.11 bits per heavy atom. The Hall–Kier alpha value is -2.57. The summed E-state index contributed by atoms with van der Waals surface area (Å²) in [5, 5.41) is 4.44. The lowest BCUT2D eigenvalue weighted by molar-refractivity contribution is 0.0943. The topological polar surface area (TPSA) is 60.5 Å². The number of halogens is 1. The molecule has 0 aliphatic heterocycles. The first kappa shape index (κ1) is 20.2. The zero-order chi connectivity index (χ0) is 20.3. The number of carbonyl (C=O) groups is 1. The molecule has 1 atom stereocenters. The van der Waals surface area contributed by atoms with Crippen LogP contribution in [0.5, 0.6) is 11.5 Å². The van der Waals surface area contributed by atoms with Crippen LogP contribution in [0.15, 0.2) is 42.5 Å². The molecular formula is C21H21ClN2O3S. The SMILES string of the molecule is COc1ccc(-c2nc(C)c(C(=O)NC(C)c3ccc(Cl)cc3)s2)cc1OC. The molecule has 0 radical (unpaired) electrons. The molecule has 0 bridgehead atoms. The van der Waals surface area contributed by atoms with Gasteiger partial charge in [0.05, 0.1) is 26.0 Å². The van der Waals surface area contributed by atoms with Gasteiger partial charge in [-0.3, -0.25) is 4.79 Å². The van der Waals surface area contributed by atoms with Crippen LogP contribution in [-0.2, 0) is 0 Å². The molecule has 1 amide bonds. The molecule has 28 heavy (non-hydrogen) atoms. The summed E-state index contributed by atoms with van der Waals surface area (Å²) in [6.07, 6.45) is 0. The Balaban J connectivity index is 1.81. The number of aryl methyl sites for hydroxylation is 1. The minimum atomic E-state index is -0.149. The molecule has 5 nitrogen and oxygen atoms in total. The predicted octanol–water partition coefficient (Wildman–Crippen LogP) is 5.28. The number of rotatable bonds is 6. The number of hydrogen-bond acceptors (Lipinski definition) is 5. The standard InChI is InChI=1S/C21H21ClN2O3S/c1-12(14-5-8-16(22)9-6-14)23-20(25)19-13(2)24-21(28-19)15-7-10-17(26-3)18(11-15)27-4/h5-12H,1-4H3,(H,23,25). The van der Waals surface area contributed by atoms with Crippen molar-refractivity contribution in [3.05, 3.63) is 63.6 Å². The third kappa shape index (κ3) is 4.29. The zero-order valence-electron chi connectivity index (χ0n) is 16.1. The minimum absolute atomic E-state index is 0.143. The summed E-state index contributed by atoms with van der Waals surface area (Å²) in [6, 6.07) is 12.9. The number of benzene rings is 2. The fraction of sp³-hybridized carbons (Fsp3) is 0.238. The van der Waals surface area contributed by atoms with Crippen molar-refractivity contribution in [2.75, 3.05) is 14.2 Å². The average molecular weight is 417 g/mol. The maximum absolute atomic E-state index is 12.8. The fourth-order valence-electron chi connectivity index (χ4n) is 2.80. The van der Waals surface area contributed by atoms with Crippen LogP contribution in [-0.4, -0.2) is 25.1 Å². The van der Waals surface area contributed by atoms with Crippen molar-refractivity contribution in [3.8, 4) is 22.1 Å². The van der Waals surface area contributed by atoms with Gasteiger partial charge in [-0.2, -0.15) is 0 Å². The van der Waals surface area contributed by atoms with Gasteiger partial charge >= 0.3 is 0 Å². The lowest BCUT2D eigenvalue weighted by atomic mass is 10.1. The number of aromatic nitrogens is 1. The molecule has 1 unspecified atom stereocenters. The summed E-state index contributed by atoms with van der Waals surface area (Å²) in [4.78, 5) is 17.9. The van der Waals surface area contributed by atoms with Crippen molar-refractivity contribution >= 4 is 28.8 Å². The van der Waals surface area contributed by atoms with Crippen LogP contribution in [0.1, 0.15) is 33.9 Å². The fourth-order valence-corrected chi connectivity index (χ4v) is 3.89. The van der Waals surface area contributed by atoms with Crippen LogP contribution in [0.4, 0.5) is 0 Å². The molecule has 0 spiro atoms. The first-order valence-corrected chi connectivity index (χ1v) is 9.88. The third-order valence-electron chi connectivity index (χ3n) is 4.35. The zero-order valence-corrected chi connectivity index (χ0v) is 17.6. The predicted molar refractivity (Wildman–Crippen MR) is 113 cm³/mol.